The molecule has 0 aliphatic heterocycles. The van der Waals surface area contributed by atoms with Crippen LogP contribution in [0.1, 0.15) is 32.6 Å². The van der Waals surface area contributed by atoms with Gasteiger partial charge in [-0.15, -0.1) is 0 Å². The first-order valence-corrected chi connectivity index (χ1v) is 6.77. The lowest BCUT2D eigenvalue weighted by atomic mass is 9.95. The first kappa shape index (κ1) is 13.6. The van der Waals surface area contributed by atoms with Crippen LogP contribution in [0.2, 0.25) is 0 Å². The Morgan fingerprint density at radius 2 is 1.79 bits per heavy atom. The Morgan fingerprint density at radius 3 is 2.47 bits per heavy atom. The van der Waals surface area contributed by atoms with E-state index in [1.807, 2.05) is 13.0 Å². The summed E-state index contributed by atoms with van der Waals surface area (Å²) in [6, 6.07) is 5.35. The second-order valence-electron chi connectivity index (χ2n) is 4.92. The van der Waals surface area contributed by atoms with Crippen molar-refractivity contribution < 1.29 is 9.47 Å². The van der Waals surface area contributed by atoms with Crippen molar-refractivity contribution >= 4 is 11.4 Å². The number of rotatable bonds is 4. The third-order valence-corrected chi connectivity index (χ3v) is 3.36. The molecule has 4 N–H and O–H groups in total. The molecule has 19 heavy (non-hydrogen) atoms. The second-order valence-corrected chi connectivity index (χ2v) is 4.92. The molecule has 1 saturated carbocycles. The van der Waals surface area contributed by atoms with Crippen LogP contribution in [0.5, 0.6) is 5.75 Å². The molecule has 1 aliphatic rings. The van der Waals surface area contributed by atoms with Gasteiger partial charge in [0, 0.05) is 11.8 Å². The van der Waals surface area contributed by atoms with E-state index >= 15 is 0 Å². The fourth-order valence-electron chi connectivity index (χ4n) is 2.31. The molecule has 0 heterocycles. The maximum Gasteiger partial charge on any atom is 0.144 e. The molecule has 0 saturated heterocycles. The quantitative estimate of drug-likeness (QED) is 0.646. The first-order valence-electron chi connectivity index (χ1n) is 6.77. The summed E-state index contributed by atoms with van der Waals surface area (Å²) in [5.41, 5.74) is 12.9. The minimum atomic E-state index is 0.203. The van der Waals surface area contributed by atoms with Crippen LogP contribution < -0.4 is 16.2 Å². The van der Waals surface area contributed by atoms with Crippen LogP contribution in [0, 0.1) is 0 Å². The average molecular weight is 262 g/mol. The lowest BCUT2D eigenvalue weighted by molar-refractivity contribution is 0.0549. The van der Waals surface area contributed by atoms with Crippen molar-refractivity contribution in [1.82, 2.24) is 0 Å². The van der Waals surface area contributed by atoms with Gasteiger partial charge in [0.25, 0.3) is 0 Å². The van der Waals surface area contributed by atoms with Gasteiger partial charge in [-0.25, -0.2) is 0 Å². The molecule has 1 aromatic rings. The number of hydrogen-bond acceptors (Lipinski definition) is 4. The van der Waals surface area contributed by atoms with Crippen molar-refractivity contribution in [1.29, 1.82) is 0 Å². The highest BCUT2D eigenvalue weighted by Gasteiger charge is 2.23. The predicted molar refractivity (Wildman–Crippen MR) is 77.8 cm³/mol. The van der Waals surface area contributed by atoms with Gasteiger partial charge in [-0.1, -0.05) is 6.08 Å². The summed E-state index contributed by atoms with van der Waals surface area (Å²) in [4.78, 5) is 0. The summed E-state index contributed by atoms with van der Waals surface area (Å²) in [6.07, 6.45) is 8.18. The first-order chi connectivity index (χ1) is 9.19. The number of allylic oxidation sites excluding steroid dienone is 1. The van der Waals surface area contributed by atoms with E-state index in [9.17, 15) is 0 Å². The predicted octanol–water partition coefficient (Wildman–Crippen LogP) is 3.09. The molecule has 1 fully saturated rings. The molecular formula is C15H22N2O2. The zero-order valence-electron chi connectivity index (χ0n) is 11.3. The monoisotopic (exact) mass is 262 g/mol. The van der Waals surface area contributed by atoms with Gasteiger partial charge < -0.3 is 20.9 Å². The summed E-state index contributed by atoms with van der Waals surface area (Å²) >= 11 is 0. The average Bonchev–Trinajstić information content (AvgIpc) is 2.42. The molecule has 0 spiro atoms. The second kappa shape index (κ2) is 6.36. The number of anilines is 2. The smallest absolute Gasteiger partial charge is 0.144 e. The van der Waals surface area contributed by atoms with E-state index in [0.29, 0.717) is 23.2 Å². The third-order valence-electron chi connectivity index (χ3n) is 3.36. The molecule has 0 unspecified atom stereocenters. The lowest BCUT2D eigenvalue weighted by Crippen LogP contribution is -2.27. The van der Waals surface area contributed by atoms with E-state index in [1.54, 1.807) is 24.5 Å². The number of nitrogens with two attached hydrogens (primary N) is 2. The SMILES string of the molecule is CC=COC1CCC(Oc2cc(N)ccc2N)CC1. The Labute approximate surface area is 114 Å². The number of hydrogen-bond donors (Lipinski definition) is 2. The normalized spacial score (nSPS) is 23.4. The van der Waals surface area contributed by atoms with Crippen LogP contribution in [-0.2, 0) is 4.74 Å². The van der Waals surface area contributed by atoms with Crippen LogP contribution in [-0.4, -0.2) is 12.2 Å². The highest BCUT2D eigenvalue weighted by atomic mass is 16.5. The van der Waals surface area contributed by atoms with Gasteiger partial charge in [0.15, 0.2) is 0 Å². The lowest BCUT2D eigenvalue weighted by Gasteiger charge is -2.28. The standard InChI is InChI=1S/C15H22N2O2/c1-2-9-18-12-4-6-13(7-5-12)19-15-10-11(16)3-8-14(15)17/h2-3,8-10,12-13H,4-7,16-17H2,1H3. The van der Waals surface area contributed by atoms with Crippen LogP contribution in [0.25, 0.3) is 0 Å². The zero-order valence-corrected chi connectivity index (χ0v) is 11.3. The molecule has 104 valence electrons. The molecule has 0 atom stereocenters. The van der Waals surface area contributed by atoms with Gasteiger partial charge in [0.2, 0.25) is 0 Å². The Balaban J connectivity index is 1.87. The molecule has 1 aromatic carbocycles. The molecule has 0 bridgehead atoms. The van der Waals surface area contributed by atoms with Gasteiger partial charge in [-0.3, -0.25) is 0 Å². The zero-order chi connectivity index (χ0) is 13.7. The summed E-state index contributed by atoms with van der Waals surface area (Å²) in [5.74, 6) is 0.692. The molecule has 1 aliphatic carbocycles. The topological polar surface area (TPSA) is 70.5 Å². The molecule has 0 aromatic heterocycles. The van der Waals surface area contributed by atoms with E-state index in [0.717, 1.165) is 25.7 Å². The number of nitrogen functional groups attached to an aromatic ring is 2. The molecule has 0 amide bonds. The maximum absolute atomic E-state index is 5.94. The van der Waals surface area contributed by atoms with Crippen molar-refractivity contribution in [3.63, 3.8) is 0 Å². The van der Waals surface area contributed by atoms with E-state index in [4.69, 9.17) is 20.9 Å². The fraction of sp³-hybridized carbons (Fsp3) is 0.467. The van der Waals surface area contributed by atoms with Crippen molar-refractivity contribution in [2.45, 2.75) is 44.8 Å². The van der Waals surface area contributed by atoms with Crippen LogP contribution in [0.3, 0.4) is 0 Å². The third kappa shape index (κ3) is 3.81. The Bertz CT molecular complexity index is 438. The van der Waals surface area contributed by atoms with Crippen LogP contribution in [0.4, 0.5) is 11.4 Å². The fourth-order valence-corrected chi connectivity index (χ4v) is 2.31. The van der Waals surface area contributed by atoms with E-state index in [2.05, 4.69) is 0 Å². The molecule has 4 nitrogen and oxygen atoms in total. The van der Waals surface area contributed by atoms with Gasteiger partial charge in [0.1, 0.15) is 5.75 Å². The molecule has 2 rings (SSSR count). The van der Waals surface area contributed by atoms with Gasteiger partial charge >= 0.3 is 0 Å². The van der Waals surface area contributed by atoms with Crippen molar-refractivity contribution in [2.24, 2.45) is 0 Å². The summed E-state index contributed by atoms with van der Waals surface area (Å²) in [7, 11) is 0. The highest BCUT2D eigenvalue weighted by molar-refractivity contribution is 5.59. The van der Waals surface area contributed by atoms with Gasteiger partial charge in [0.05, 0.1) is 24.2 Å². The van der Waals surface area contributed by atoms with E-state index in [1.165, 1.54) is 0 Å². The Morgan fingerprint density at radius 1 is 1.11 bits per heavy atom. The summed E-state index contributed by atoms with van der Waals surface area (Å²) in [6.45, 7) is 1.96. The minimum Gasteiger partial charge on any atom is -0.498 e. The molecule has 0 radical (unpaired) electrons. The summed E-state index contributed by atoms with van der Waals surface area (Å²) < 4.78 is 11.5. The van der Waals surface area contributed by atoms with Gasteiger partial charge in [-0.2, -0.15) is 0 Å². The Kier molecular flexibility index (Phi) is 4.55. The Hall–Kier alpha value is -1.84. The van der Waals surface area contributed by atoms with E-state index in [-0.39, 0.29) is 6.10 Å². The van der Waals surface area contributed by atoms with Crippen LogP contribution >= 0.6 is 0 Å². The molecular weight excluding hydrogens is 240 g/mol. The van der Waals surface area contributed by atoms with Crippen LogP contribution in [0.15, 0.2) is 30.5 Å². The largest absolute Gasteiger partial charge is 0.498 e. The highest BCUT2D eigenvalue weighted by Crippen LogP contribution is 2.30. The molecule has 4 heteroatoms. The van der Waals surface area contributed by atoms with Gasteiger partial charge in [-0.05, 0) is 44.7 Å². The van der Waals surface area contributed by atoms with Crippen molar-refractivity contribution in [2.75, 3.05) is 11.5 Å². The van der Waals surface area contributed by atoms with Crippen molar-refractivity contribution in [3.8, 4) is 5.75 Å². The number of ether oxygens (including phenoxy) is 2. The van der Waals surface area contributed by atoms with E-state index < -0.39 is 0 Å². The maximum atomic E-state index is 5.94. The summed E-state index contributed by atoms with van der Waals surface area (Å²) in [5, 5.41) is 0. The van der Waals surface area contributed by atoms with Crippen molar-refractivity contribution in [3.05, 3.63) is 30.5 Å². The number of benzene rings is 1. The minimum absolute atomic E-state index is 0.203.